The maximum absolute atomic E-state index is 11.6. The highest BCUT2D eigenvalue weighted by Gasteiger charge is 2.41. The van der Waals surface area contributed by atoms with Crippen LogP contribution in [0.15, 0.2) is 18.5 Å². The molecule has 0 saturated carbocycles. The van der Waals surface area contributed by atoms with Gasteiger partial charge in [-0.2, -0.15) is 10.4 Å². The molecule has 1 fully saturated rings. The summed E-state index contributed by atoms with van der Waals surface area (Å²) in [7, 11) is 0. The van der Waals surface area contributed by atoms with Crippen molar-refractivity contribution in [2.24, 2.45) is 5.92 Å². The summed E-state index contributed by atoms with van der Waals surface area (Å²) in [6.45, 7) is 3.04. The monoisotopic (exact) mass is 359 g/mol. The van der Waals surface area contributed by atoms with E-state index in [0.717, 1.165) is 0 Å². The smallest absolute Gasteiger partial charge is 0.310 e. The van der Waals surface area contributed by atoms with Gasteiger partial charge >= 0.3 is 5.97 Å². The second kappa shape index (κ2) is 6.90. The fourth-order valence-electron chi connectivity index (χ4n) is 2.91. The molecule has 9 heteroatoms. The van der Waals surface area contributed by atoms with Gasteiger partial charge in [0.05, 0.1) is 18.2 Å². The van der Waals surface area contributed by atoms with E-state index >= 15 is 0 Å². The van der Waals surface area contributed by atoms with E-state index in [0.29, 0.717) is 24.1 Å². The van der Waals surface area contributed by atoms with Crippen LogP contribution < -0.4 is 5.49 Å². The van der Waals surface area contributed by atoms with E-state index in [1.165, 1.54) is 10.9 Å². The summed E-state index contributed by atoms with van der Waals surface area (Å²) >= 11 is 0. The van der Waals surface area contributed by atoms with Gasteiger partial charge in [0.15, 0.2) is 17.8 Å². The van der Waals surface area contributed by atoms with Crippen molar-refractivity contribution in [1.82, 2.24) is 14.2 Å². The number of hydrogen-bond donors (Lipinski definition) is 2. The number of rotatable bonds is 5. The highest BCUT2D eigenvalue weighted by atomic mass is 16.5. The second-order valence-electron chi connectivity index (χ2n) is 6.66. The van der Waals surface area contributed by atoms with Crippen molar-refractivity contribution >= 4 is 11.5 Å². The lowest BCUT2D eigenvalue weighted by molar-refractivity contribution is -0.151. The summed E-state index contributed by atoms with van der Waals surface area (Å²) in [6.07, 6.45) is 2.05. The highest BCUT2D eigenvalue weighted by Crippen LogP contribution is 2.39. The Kier molecular flexibility index (Phi) is 4.80. The fraction of sp³-hybridized carbons (Fsp3) is 0.529. The molecule has 138 valence electrons. The van der Waals surface area contributed by atoms with Crippen molar-refractivity contribution in [2.45, 2.75) is 45.1 Å². The van der Waals surface area contributed by atoms with Crippen LogP contribution in [0, 0.1) is 22.7 Å². The number of ether oxygens (including phenoxy) is 2. The largest absolute Gasteiger partial charge is 0.444 e. The molecule has 2 aromatic heterocycles. The predicted octanol–water partition coefficient (Wildman–Crippen LogP) is 0.878. The first-order valence-electron chi connectivity index (χ1n) is 8.39. The number of fused-ring (bicyclic) bond motifs is 1. The standard InChI is InChI=1S/C17H21N5O4/c1-11(2)16(24)25-10-21-9-20-22-12(3-4-13(22)15(21)19)14-5-6-17(7-18,8-23)26-14/h3-4,9,11,14,19,23H,5-6,8,10H2,1-2H3/t14?,17-/m1/s1. The number of aromatic nitrogens is 3. The Morgan fingerprint density at radius 3 is 3.00 bits per heavy atom. The van der Waals surface area contributed by atoms with E-state index < -0.39 is 5.60 Å². The molecule has 0 spiro atoms. The van der Waals surface area contributed by atoms with Crippen LogP contribution in [-0.2, 0) is 21.0 Å². The third kappa shape index (κ3) is 3.09. The zero-order valence-electron chi connectivity index (χ0n) is 14.7. The molecule has 1 aliphatic heterocycles. The van der Waals surface area contributed by atoms with Gasteiger partial charge in [-0.3, -0.25) is 14.8 Å². The summed E-state index contributed by atoms with van der Waals surface area (Å²) in [4.78, 5) is 11.6. The number of carbonyl (C=O) groups is 1. The Morgan fingerprint density at radius 1 is 1.62 bits per heavy atom. The third-order valence-electron chi connectivity index (χ3n) is 4.51. The van der Waals surface area contributed by atoms with Gasteiger partial charge in [-0.1, -0.05) is 13.8 Å². The lowest BCUT2D eigenvalue weighted by Crippen LogP contribution is -2.30. The van der Waals surface area contributed by atoms with Crippen LogP contribution >= 0.6 is 0 Å². The minimum Gasteiger partial charge on any atom is -0.444 e. The van der Waals surface area contributed by atoms with Crippen molar-refractivity contribution < 1.29 is 19.4 Å². The van der Waals surface area contributed by atoms with E-state index in [9.17, 15) is 15.2 Å². The summed E-state index contributed by atoms with van der Waals surface area (Å²) < 4.78 is 13.9. The number of esters is 1. The van der Waals surface area contributed by atoms with E-state index in [1.54, 1.807) is 30.5 Å². The van der Waals surface area contributed by atoms with Crippen LogP contribution in [0.1, 0.15) is 38.5 Å². The minimum absolute atomic E-state index is 0.0815. The Bertz CT molecular complexity index is 925. The topological polar surface area (TPSA) is 126 Å². The number of aliphatic hydroxyl groups excluding tert-OH is 1. The maximum Gasteiger partial charge on any atom is 0.310 e. The average Bonchev–Trinajstić information content (AvgIpc) is 3.25. The summed E-state index contributed by atoms with van der Waals surface area (Å²) in [5.41, 5.74) is 0.211. The van der Waals surface area contributed by atoms with Crippen LogP contribution in [0.3, 0.4) is 0 Å². The van der Waals surface area contributed by atoms with Gasteiger partial charge in [0, 0.05) is 0 Å². The van der Waals surface area contributed by atoms with Gasteiger partial charge in [-0.15, -0.1) is 0 Å². The molecule has 0 radical (unpaired) electrons. The number of aliphatic hydroxyl groups is 1. The van der Waals surface area contributed by atoms with E-state index in [1.807, 2.05) is 6.07 Å². The lowest BCUT2D eigenvalue weighted by atomic mass is 10.0. The van der Waals surface area contributed by atoms with Gasteiger partial charge in [-0.05, 0) is 25.0 Å². The highest BCUT2D eigenvalue weighted by molar-refractivity contribution is 5.71. The van der Waals surface area contributed by atoms with E-state index in [4.69, 9.17) is 14.9 Å². The van der Waals surface area contributed by atoms with Crippen LogP contribution in [0.5, 0.6) is 0 Å². The molecular formula is C17H21N5O4. The lowest BCUT2D eigenvalue weighted by Gasteiger charge is -2.19. The minimum atomic E-state index is -1.18. The first-order chi connectivity index (χ1) is 12.4. The van der Waals surface area contributed by atoms with Gasteiger partial charge in [0.1, 0.15) is 24.0 Å². The molecular weight excluding hydrogens is 338 g/mol. The SMILES string of the molecule is CC(C)C(=O)OCn1cnn2c(C3CC[C@@](C#N)(CO)O3)ccc2c1=N. The Labute approximate surface area is 149 Å². The molecule has 0 bridgehead atoms. The molecule has 1 saturated heterocycles. The Balaban J connectivity index is 1.86. The molecule has 0 amide bonds. The van der Waals surface area contributed by atoms with Crippen LogP contribution in [0.2, 0.25) is 0 Å². The van der Waals surface area contributed by atoms with Gasteiger partial charge in [-0.25, -0.2) is 4.52 Å². The molecule has 2 aromatic rings. The maximum atomic E-state index is 11.6. The first kappa shape index (κ1) is 18.1. The molecule has 9 nitrogen and oxygen atoms in total. The number of nitrogens with zero attached hydrogens (tertiary/aromatic N) is 4. The van der Waals surface area contributed by atoms with Crippen molar-refractivity contribution in [3.63, 3.8) is 0 Å². The number of nitriles is 1. The fourth-order valence-corrected chi connectivity index (χ4v) is 2.91. The van der Waals surface area contributed by atoms with Crippen LogP contribution in [-0.4, -0.2) is 37.5 Å². The molecule has 26 heavy (non-hydrogen) atoms. The van der Waals surface area contributed by atoms with Crippen molar-refractivity contribution in [2.75, 3.05) is 6.61 Å². The van der Waals surface area contributed by atoms with Gasteiger partial charge < -0.3 is 14.6 Å². The van der Waals surface area contributed by atoms with Crippen LogP contribution in [0.25, 0.3) is 5.52 Å². The summed E-state index contributed by atoms with van der Waals surface area (Å²) in [5, 5.41) is 31.3. The second-order valence-corrected chi connectivity index (χ2v) is 6.66. The first-order valence-corrected chi connectivity index (χ1v) is 8.39. The molecule has 0 aliphatic carbocycles. The quantitative estimate of drug-likeness (QED) is 0.763. The van der Waals surface area contributed by atoms with Gasteiger partial charge in [0.2, 0.25) is 0 Å². The van der Waals surface area contributed by atoms with Crippen molar-refractivity contribution in [3.05, 3.63) is 29.6 Å². The number of nitrogens with one attached hydrogen (secondary N) is 1. The third-order valence-corrected chi connectivity index (χ3v) is 4.51. The molecule has 1 aliphatic rings. The normalized spacial score (nSPS) is 22.7. The number of hydrogen-bond acceptors (Lipinski definition) is 7. The van der Waals surface area contributed by atoms with Crippen molar-refractivity contribution in [3.8, 4) is 6.07 Å². The zero-order chi connectivity index (χ0) is 18.9. The average molecular weight is 359 g/mol. The number of carbonyl (C=O) groups excluding carboxylic acids is 1. The molecule has 3 heterocycles. The molecule has 3 rings (SSSR count). The molecule has 2 N–H and O–H groups in total. The van der Waals surface area contributed by atoms with Crippen molar-refractivity contribution in [1.29, 1.82) is 10.7 Å². The van der Waals surface area contributed by atoms with E-state index in [2.05, 4.69) is 5.10 Å². The Hall–Kier alpha value is -2.70. The Morgan fingerprint density at radius 2 is 2.38 bits per heavy atom. The molecule has 1 unspecified atom stereocenters. The molecule has 2 atom stereocenters. The van der Waals surface area contributed by atoms with Gasteiger partial charge in [0.25, 0.3) is 0 Å². The summed E-state index contributed by atoms with van der Waals surface area (Å²) in [6, 6.07) is 5.56. The summed E-state index contributed by atoms with van der Waals surface area (Å²) in [5.74, 6) is -0.586. The van der Waals surface area contributed by atoms with Crippen LogP contribution in [0.4, 0.5) is 0 Å². The van der Waals surface area contributed by atoms with E-state index in [-0.39, 0.29) is 36.8 Å². The predicted molar refractivity (Wildman–Crippen MR) is 88.5 cm³/mol. The zero-order valence-corrected chi connectivity index (χ0v) is 14.7. The molecule has 0 aromatic carbocycles.